The Morgan fingerprint density at radius 1 is 1.25 bits per heavy atom. The summed E-state index contributed by atoms with van der Waals surface area (Å²) in [4.78, 5) is 19.7. The van der Waals surface area contributed by atoms with Crippen LogP contribution in [0.5, 0.6) is 0 Å². The first-order chi connectivity index (χ1) is 9.61. The second-order valence-electron chi connectivity index (χ2n) is 5.68. The number of aliphatic hydroxyl groups is 1. The first-order valence-electron chi connectivity index (χ1n) is 7.51. The van der Waals surface area contributed by atoms with E-state index in [0.29, 0.717) is 5.92 Å². The summed E-state index contributed by atoms with van der Waals surface area (Å²) in [5.41, 5.74) is 0. The van der Waals surface area contributed by atoms with Gasteiger partial charge in [-0.15, -0.1) is 0 Å². The number of aliphatic imine (C=N–C) groups is 1. The molecule has 0 spiro atoms. The highest BCUT2D eigenvalue weighted by Gasteiger charge is 2.26. The predicted molar refractivity (Wildman–Crippen MR) is 78.5 cm³/mol. The van der Waals surface area contributed by atoms with E-state index in [1.165, 1.54) is 0 Å². The summed E-state index contributed by atoms with van der Waals surface area (Å²) in [5.74, 6) is 1.36. The van der Waals surface area contributed by atoms with Crippen molar-refractivity contribution in [2.45, 2.75) is 32.3 Å². The molecule has 2 N–H and O–H groups in total. The number of guanidine groups is 1. The van der Waals surface area contributed by atoms with Gasteiger partial charge in [0.05, 0.1) is 6.10 Å². The first kappa shape index (κ1) is 15.1. The molecular weight excluding hydrogens is 256 g/mol. The summed E-state index contributed by atoms with van der Waals surface area (Å²) in [6, 6.07) is 0. The molecule has 0 bridgehead atoms. The van der Waals surface area contributed by atoms with Crippen molar-refractivity contribution in [3.63, 3.8) is 0 Å². The molecule has 0 radical (unpaired) electrons. The van der Waals surface area contributed by atoms with Crippen molar-refractivity contribution >= 4 is 11.9 Å². The minimum Gasteiger partial charge on any atom is -0.393 e. The van der Waals surface area contributed by atoms with Gasteiger partial charge in [-0.1, -0.05) is 6.42 Å². The molecule has 0 aromatic carbocycles. The molecule has 6 nitrogen and oxygen atoms in total. The van der Waals surface area contributed by atoms with Gasteiger partial charge < -0.3 is 20.2 Å². The van der Waals surface area contributed by atoms with Crippen LogP contribution in [-0.2, 0) is 4.79 Å². The van der Waals surface area contributed by atoms with Gasteiger partial charge in [0.2, 0.25) is 5.91 Å². The van der Waals surface area contributed by atoms with E-state index in [1.807, 2.05) is 4.90 Å². The van der Waals surface area contributed by atoms with Crippen LogP contribution in [0, 0.1) is 5.92 Å². The number of hydrogen-bond acceptors (Lipinski definition) is 3. The van der Waals surface area contributed by atoms with Gasteiger partial charge in [-0.05, 0) is 12.8 Å². The van der Waals surface area contributed by atoms with E-state index in [4.69, 9.17) is 0 Å². The lowest BCUT2D eigenvalue weighted by atomic mass is 10.1. The Balaban J connectivity index is 1.79. The fourth-order valence-electron chi connectivity index (χ4n) is 3.04. The number of nitrogens with zero attached hydrogens (tertiary/aromatic N) is 3. The van der Waals surface area contributed by atoms with Crippen LogP contribution < -0.4 is 5.32 Å². The molecule has 114 valence electrons. The number of nitrogens with one attached hydrogen (secondary N) is 1. The van der Waals surface area contributed by atoms with Crippen molar-refractivity contribution in [3.8, 4) is 0 Å². The highest BCUT2D eigenvalue weighted by molar-refractivity contribution is 5.80. The van der Waals surface area contributed by atoms with E-state index in [1.54, 1.807) is 14.0 Å². The Hall–Kier alpha value is -1.30. The topological polar surface area (TPSA) is 68.2 Å². The predicted octanol–water partition coefficient (Wildman–Crippen LogP) is -0.113. The van der Waals surface area contributed by atoms with Gasteiger partial charge in [-0.2, -0.15) is 0 Å². The third-order valence-corrected chi connectivity index (χ3v) is 4.38. The van der Waals surface area contributed by atoms with Crippen LogP contribution in [0.25, 0.3) is 0 Å². The summed E-state index contributed by atoms with van der Waals surface area (Å²) in [5, 5.41) is 13.2. The molecule has 2 atom stereocenters. The molecule has 1 saturated heterocycles. The number of rotatable bonds is 2. The molecular formula is C14H26N4O2. The number of amides is 1. The standard InChI is InChI=1S/C14H26N4O2/c1-11(19)17-6-8-18(9-7-17)14(15-2)16-10-12-4-3-5-13(12)20/h12-13,20H,3-10H2,1-2H3,(H,15,16). The van der Waals surface area contributed by atoms with Crippen molar-refractivity contribution in [2.75, 3.05) is 39.8 Å². The number of aliphatic hydroxyl groups excluding tert-OH is 1. The molecule has 1 amide bonds. The Bertz CT molecular complexity index is 364. The van der Waals surface area contributed by atoms with Crippen molar-refractivity contribution in [1.82, 2.24) is 15.1 Å². The number of piperazine rings is 1. The van der Waals surface area contributed by atoms with Crippen LogP contribution in [-0.4, -0.2) is 72.6 Å². The maximum atomic E-state index is 11.3. The largest absolute Gasteiger partial charge is 0.393 e. The summed E-state index contributed by atoms with van der Waals surface area (Å²) < 4.78 is 0. The SMILES string of the molecule is CN=C(NCC1CCCC1O)N1CCN(C(C)=O)CC1. The summed E-state index contributed by atoms with van der Waals surface area (Å²) in [7, 11) is 1.78. The third-order valence-electron chi connectivity index (χ3n) is 4.38. The second kappa shape index (κ2) is 6.92. The molecule has 20 heavy (non-hydrogen) atoms. The van der Waals surface area contributed by atoms with Crippen LogP contribution in [0.1, 0.15) is 26.2 Å². The lowest BCUT2D eigenvalue weighted by molar-refractivity contribution is -0.130. The first-order valence-corrected chi connectivity index (χ1v) is 7.51. The lowest BCUT2D eigenvalue weighted by Gasteiger charge is -2.36. The molecule has 0 aromatic heterocycles. The molecule has 2 aliphatic rings. The highest BCUT2D eigenvalue weighted by Crippen LogP contribution is 2.24. The van der Waals surface area contributed by atoms with Gasteiger partial charge in [0.15, 0.2) is 5.96 Å². The van der Waals surface area contributed by atoms with Gasteiger partial charge in [0, 0.05) is 52.6 Å². The van der Waals surface area contributed by atoms with Gasteiger partial charge in [0.1, 0.15) is 0 Å². The summed E-state index contributed by atoms with van der Waals surface area (Å²) >= 11 is 0. The van der Waals surface area contributed by atoms with Gasteiger partial charge in [0.25, 0.3) is 0 Å². The molecule has 1 saturated carbocycles. The number of carbonyl (C=O) groups excluding carboxylic acids is 1. The van der Waals surface area contributed by atoms with Crippen molar-refractivity contribution in [3.05, 3.63) is 0 Å². The van der Waals surface area contributed by atoms with E-state index < -0.39 is 0 Å². The summed E-state index contributed by atoms with van der Waals surface area (Å²) in [6.45, 7) is 5.52. The quantitative estimate of drug-likeness (QED) is 0.548. The fourth-order valence-corrected chi connectivity index (χ4v) is 3.04. The Morgan fingerprint density at radius 2 is 1.90 bits per heavy atom. The molecule has 2 rings (SSSR count). The van der Waals surface area contributed by atoms with E-state index in [-0.39, 0.29) is 12.0 Å². The Kier molecular flexibility index (Phi) is 5.23. The van der Waals surface area contributed by atoms with E-state index in [0.717, 1.165) is 57.9 Å². The van der Waals surface area contributed by atoms with Gasteiger partial charge in [-0.25, -0.2) is 0 Å². The van der Waals surface area contributed by atoms with Crippen LogP contribution in [0.3, 0.4) is 0 Å². The maximum Gasteiger partial charge on any atom is 0.219 e. The molecule has 1 aliphatic carbocycles. The van der Waals surface area contributed by atoms with E-state index in [9.17, 15) is 9.90 Å². The molecule has 1 heterocycles. The van der Waals surface area contributed by atoms with Crippen LogP contribution >= 0.6 is 0 Å². The minimum absolute atomic E-state index is 0.140. The molecule has 6 heteroatoms. The lowest BCUT2D eigenvalue weighted by Crippen LogP contribution is -2.54. The average molecular weight is 282 g/mol. The highest BCUT2D eigenvalue weighted by atomic mass is 16.3. The maximum absolute atomic E-state index is 11.3. The number of hydrogen-bond donors (Lipinski definition) is 2. The molecule has 1 aliphatic heterocycles. The normalized spacial score (nSPS) is 27.9. The van der Waals surface area contributed by atoms with Crippen molar-refractivity contribution in [1.29, 1.82) is 0 Å². The Labute approximate surface area is 120 Å². The zero-order chi connectivity index (χ0) is 14.5. The van der Waals surface area contributed by atoms with Crippen molar-refractivity contribution < 1.29 is 9.90 Å². The molecule has 2 unspecified atom stereocenters. The minimum atomic E-state index is -0.171. The van der Waals surface area contributed by atoms with Crippen LogP contribution in [0.15, 0.2) is 4.99 Å². The second-order valence-corrected chi connectivity index (χ2v) is 5.68. The molecule has 0 aromatic rings. The fraction of sp³-hybridized carbons (Fsp3) is 0.857. The average Bonchev–Trinajstić information content (AvgIpc) is 2.85. The number of carbonyl (C=O) groups is 1. The van der Waals surface area contributed by atoms with Crippen LogP contribution in [0.2, 0.25) is 0 Å². The van der Waals surface area contributed by atoms with E-state index >= 15 is 0 Å². The summed E-state index contributed by atoms with van der Waals surface area (Å²) in [6.07, 6.45) is 2.95. The zero-order valence-corrected chi connectivity index (χ0v) is 12.5. The smallest absolute Gasteiger partial charge is 0.219 e. The zero-order valence-electron chi connectivity index (χ0n) is 12.5. The Morgan fingerprint density at radius 3 is 2.40 bits per heavy atom. The van der Waals surface area contributed by atoms with Crippen LogP contribution in [0.4, 0.5) is 0 Å². The van der Waals surface area contributed by atoms with Gasteiger partial charge >= 0.3 is 0 Å². The van der Waals surface area contributed by atoms with Gasteiger partial charge in [-0.3, -0.25) is 9.79 Å². The van der Waals surface area contributed by atoms with Crippen molar-refractivity contribution in [2.24, 2.45) is 10.9 Å². The monoisotopic (exact) mass is 282 g/mol. The third kappa shape index (κ3) is 3.62. The molecule has 2 fully saturated rings. The van der Waals surface area contributed by atoms with E-state index in [2.05, 4.69) is 15.2 Å².